The number of hydrogen-bond donors (Lipinski definition) is 0. The van der Waals surface area contributed by atoms with Crippen molar-refractivity contribution >= 4 is 68.2 Å². The Morgan fingerprint density at radius 1 is 0.467 bits per heavy atom. The van der Waals surface area contributed by atoms with Crippen LogP contribution in [-0.4, -0.2) is 17.5 Å². The molecule has 0 amide bonds. The molecule has 8 heteroatoms. The highest BCUT2D eigenvalue weighted by molar-refractivity contribution is 7.25. The van der Waals surface area contributed by atoms with Gasteiger partial charge in [0.05, 0.1) is 23.5 Å². The minimum absolute atomic E-state index is 0.998. The zero-order chi connectivity index (χ0) is 20.2. The number of hydrogen-bond acceptors (Lipinski definition) is 8. The zero-order valence-electron chi connectivity index (χ0n) is 16.0. The quantitative estimate of drug-likeness (QED) is 0.274. The van der Waals surface area contributed by atoms with Crippen molar-refractivity contribution in [1.82, 2.24) is 17.5 Å². The van der Waals surface area contributed by atoms with E-state index in [4.69, 9.17) is 0 Å². The summed E-state index contributed by atoms with van der Waals surface area (Å²) < 4.78 is 18.0. The topological polar surface area (TPSA) is 51.6 Å². The van der Waals surface area contributed by atoms with Gasteiger partial charge in [-0.05, 0) is 49.2 Å². The molecule has 4 heterocycles. The number of fused-ring (bicyclic) bond motifs is 2. The lowest BCUT2D eigenvalue weighted by atomic mass is 10.1. The first-order valence-corrected chi connectivity index (χ1v) is 12.4. The molecule has 0 bridgehead atoms. The molecule has 2 aromatic carbocycles. The first-order chi connectivity index (χ1) is 14.7. The molecule has 6 rings (SSSR count). The number of nitrogens with zero attached hydrogens (tertiary/aromatic N) is 4. The summed E-state index contributed by atoms with van der Waals surface area (Å²) >= 11 is 6.16. The SMILES string of the molecule is Cc1ccc(-c2ccc(-c3ccc(-c4ccc(C)c5nsnc45)s3)s2)c2nsnc12. The van der Waals surface area contributed by atoms with Crippen molar-refractivity contribution in [2.24, 2.45) is 0 Å². The molecule has 0 aliphatic rings. The summed E-state index contributed by atoms with van der Waals surface area (Å²) in [5.41, 5.74) is 8.66. The number of rotatable bonds is 3. The maximum absolute atomic E-state index is 4.54. The van der Waals surface area contributed by atoms with Gasteiger partial charge in [-0.1, -0.05) is 24.3 Å². The maximum Gasteiger partial charge on any atom is 0.113 e. The van der Waals surface area contributed by atoms with Crippen LogP contribution in [0.3, 0.4) is 0 Å². The summed E-state index contributed by atoms with van der Waals surface area (Å²) in [5, 5.41) is 0. The lowest BCUT2D eigenvalue weighted by molar-refractivity contribution is 1.48. The Hall–Kier alpha value is -2.52. The van der Waals surface area contributed by atoms with Crippen molar-refractivity contribution in [2.45, 2.75) is 13.8 Å². The summed E-state index contributed by atoms with van der Waals surface area (Å²) in [6.45, 7) is 4.17. The molecular weight excluding hydrogens is 449 g/mol. The van der Waals surface area contributed by atoms with Gasteiger partial charge in [-0.25, -0.2) is 0 Å². The Labute approximate surface area is 189 Å². The second-order valence-electron chi connectivity index (χ2n) is 7.11. The van der Waals surface area contributed by atoms with Gasteiger partial charge in [-0.15, -0.1) is 22.7 Å². The smallest absolute Gasteiger partial charge is 0.113 e. The summed E-state index contributed by atoms with van der Waals surface area (Å²) in [5.74, 6) is 0. The van der Waals surface area contributed by atoms with E-state index < -0.39 is 0 Å². The Morgan fingerprint density at radius 2 is 0.867 bits per heavy atom. The van der Waals surface area contributed by atoms with Gasteiger partial charge in [-0.2, -0.15) is 17.5 Å². The van der Waals surface area contributed by atoms with Gasteiger partial charge in [0.25, 0.3) is 0 Å². The average molecular weight is 463 g/mol. The molecule has 0 N–H and O–H groups in total. The monoisotopic (exact) mass is 462 g/mol. The van der Waals surface area contributed by atoms with E-state index in [1.807, 2.05) is 0 Å². The highest BCUT2D eigenvalue weighted by Gasteiger charge is 2.15. The maximum atomic E-state index is 4.54. The van der Waals surface area contributed by atoms with E-state index >= 15 is 0 Å². The lowest BCUT2D eigenvalue weighted by Crippen LogP contribution is -1.81. The van der Waals surface area contributed by atoms with Crippen LogP contribution in [0.1, 0.15) is 11.1 Å². The van der Waals surface area contributed by atoms with Crippen LogP contribution in [0.25, 0.3) is 52.7 Å². The summed E-state index contributed by atoms with van der Waals surface area (Å²) in [4.78, 5) is 4.97. The highest BCUT2D eigenvalue weighted by Crippen LogP contribution is 2.43. The molecule has 0 aliphatic heterocycles. The van der Waals surface area contributed by atoms with Crippen LogP contribution in [0.4, 0.5) is 0 Å². The van der Waals surface area contributed by atoms with E-state index in [2.05, 4.69) is 79.9 Å². The lowest BCUT2D eigenvalue weighted by Gasteiger charge is -2.01. The van der Waals surface area contributed by atoms with Crippen LogP contribution >= 0.6 is 46.1 Å². The second kappa shape index (κ2) is 7.02. The van der Waals surface area contributed by atoms with Crippen molar-refractivity contribution in [3.05, 3.63) is 59.7 Å². The molecular formula is C22H14N4S4. The third-order valence-corrected chi connectivity index (χ3v) is 8.71. The molecule has 0 aliphatic carbocycles. The van der Waals surface area contributed by atoms with Gasteiger partial charge in [0.1, 0.15) is 22.1 Å². The van der Waals surface area contributed by atoms with Gasteiger partial charge in [0.2, 0.25) is 0 Å². The molecule has 0 radical (unpaired) electrons. The van der Waals surface area contributed by atoms with E-state index in [0.717, 1.165) is 33.2 Å². The molecule has 0 saturated carbocycles. The molecule has 0 saturated heterocycles. The van der Waals surface area contributed by atoms with E-state index in [-0.39, 0.29) is 0 Å². The molecule has 0 spiro atoms. The van der Waals surface area contributed by atoms with Crippen molar-refractivity contribution in [3.8, 4) is 30.6 Å². The predicted octanol–water partition coefficient (Wildman–Crippen LogP) is 7.44. The molecule has 4 aromatic heterocycles. The number of thiophene rings is 2. The van der Waals surface area contributed by atoms with Crippen molar-refractivity contribution in [2.75, 3.05) is 0 Å². The Bertz CT molecular complexity index is 1420. The summed E-state index contributed by atoms with van der Waals surface area (Å²) in [6, 6.07) is 17.4. The first-order valence-electron chi connectivity index (χ1n) is 9.33. The Balaban J connectivity index is 1.40. The average Bonchev–Trinajstić information content (AvgIpc) is 3.54. The first kappa shape index (κ1) is 18.3. The fourth-order valence-corrected chi connectivity index (χ4v) is 7.00. The van der Waals surface area contributed by atoms with E-state index in [0.29, 0.717) is 0 Å². The fourth-order valence-electron chi connectivity index (χ4n) is 3.61. The third kappa shape index (κ3) is 2.83. The highest BCUT2D eigenvalue weighted by atomic mass is 32.1. The van der Waals surface area contributed by atoms with Crippen LogP contribution in [0, 0.1) is 13.8 Å². The number of aromatic nitrogens is 4. The van der Waals surface area contributed by atoms with E-state index in [9.17, 15) is 0 Å². The molecule has 0 atom stereocenters. The fraction of sp³-hybridized carbons (Fsp3) is 0.0909. The Kier molecular flexibility index (Phi) is 4.28. The second-order valence-corrected chi connectivity index (χ2v) is 10.3. The van der Waals surface area contributed by atoms with Gasteiger partial charge in [-0.3, -0.25) is 0 Å². The van der Waals surface area contributed by atoms with E-state index in [1.165, 1.54) is 54.1 Å². The van der Waals surface area contributed by atoms with Crippen LogP contribution in [0.15, 0.2) is 48.5 Å². The Morgan fingerprint density at radius 3 is 1.33 bits per heavy atom. The zero-order valence-corrected chi connectivity index (χ0v) is 19.3. The predicted molar refractivity (Wildman–Crippen MR) is 130 cm³/mol. The van der Waals surface area contributed by atoms with Crippen molar-refractivity contribution in [3.63, 3.8) is 0 Å². The molecule has 0 unspecified atom stereocenters. The molecule has 146 valence electrons. The summed E-state index contributed by atoms with van der Waals surface area (Å²) in [7, 11) is 0. The van der Waals surface area contributed by atoms with Crippen LogP contribution in [0.5, 0.6) is 0 Å². The number of aryl methyl sites for hydroxylation is 2. The van der Waals surface area contributed by atoms with E-state index in [1.54, 1.807) is 22.7 Å². The molecule has 0 fully saturated rings. The van der Waals surface area contributed by atoms with Gasteiger partial charge in [0, 0.05) is 30.6 Å². The van der Waals surface area contributed by atoms with Gasteiger partial charge < -0.3 is 0 Å². The minimum Gasteiger partial charge on any atom is -0.173 e. The van der Waals surface area contributed by atoms with Crippen LogP contribution in [-0.2, 0) is 0 Å². The van der Waals surface area contributed by atoms with Gasteiger partial charge >= 0.3 is 0 Å². The van der Waals surface area contributed by atoms with Gasteiger partial charge in [0.15, 0.2) is 0 Å². The largest absolute Gasteiger partial charge is 0.173 e. The third-order valence-electron chi connectivity index (χ3n) is 5.22. The standard InChI is InChI=1S/C22H14N4S4/c1-11-3-5-13(21-19(11)23-29-25-21)15-7-9-17(27-15)18-10-8-16(28-18)14-6-4-12(2)20-22(14)26-30-24-20/h3-10H,1-2H3. The van der Waals surface area contributed by atoms with Crippen LogP contribution < -0.4 is 0 Å². The minimum atomic E-state index is 0.998. The molecule has 30 heavy (non-hydrogen) atoms. The molecule has 4 nitrogen and oxygen atoms in total. The molecule has 6 aromatic rings. The summed E-state index contributed by atoms with van der Waals surface area (Å²) in [6.07, 6.45) is 0. The van der Waals surface area contributed by atoms with Crippen LogP contribution in [0.2, 0.25) is 0 Å². The number of benzene rings is 2. The van der Waals surface area contributed by atoms with Crippen molar-refractivity contribution < 1.29 is 0 Å². The normalized spacial score (nSPS) is 11.7. The van der Waals surface area contributed by atoms with Crippen molar-refractivity contribution in [1.29, 1.82) is 0 Å².